The van der Waals surface area contributed by atoms with Gasteiger partial charge in [-0.1, -0.05) is 24.3 Å². The summed E-state index contributed by atoms with van der Waals surface area (Å²) in [5.74, 6) is 0.255. The molecule has 132 valence electrons. The summed E-state index contributed by atoms with van der Waals surface area (Å²) < 4.78 is 5.70. The Hall–Kier alpha value is -3.15. The minimum Gasteiger partial charge on any atom is -0.459 e. The highest BCUT2D eigenvalue weighted by molar-refractivity contribution is 5.89. The van der Waals surface area contributed by atoms with Crippen LogP contribution in [0.3, 0.4) is 0 Å². The SMILES string of the molecule is O=C(NCc1cc2ccccc2o1)C1CC(=O)N(Cc2cccnc2)C1. The molecule has 6 heteroatoms. The second-order valence-electron chi connectivity index (χ2n) is 6.50. The highest BCUT2D eigenvalue weighted by Gasteiger charge is 2.34. The van der Waals surface area contributed by atoms with E-state index < -0.39 is 0 Å². The minimum atomic E-state index is -0.330. The standard InChI is InChI=1S/C20H19N3O3/c24-19-9-16(13-23(19)12-14-4-3-7-21-10-14)20(25)22-11-17-8-15-5-1-2-6-18(15)26-17/h1-8,10,16H,9,11-13H2,(H,22,25). The predicted octanol–water partition coefficient (Wildman–Crippen LogP) is 2.49. The Morgan fingerprint density at radius 1 is 1.27 bits per heavy atom. The summed E-state index contributed by atoms with van der Waals surface area (Å²) >= 11 is 0. The molecule has 0 radical (unpaired) electrons. The molecule has 1 fully saturated rings. The molecule has 0 bridgehead atoms. The van der Waals surface area contributed by atoms with Crippen molar-refractivity contribution in [1.82, 2.24) is 15.2 Å². The molecule has 2 aromatic heterocycles. The molecule has 1 atom stereocenters. The number of pyridine rings is 1. The maximum atomic E-state index is 12.4. The van der Waals surface area contributed by atoms with Gasteiger partial charge < -0.3 is 14.6 Å². The molecule has 1 N–H and O–H groups in total. The van der Waals surface area contributed by atoms with E-state index in [1.54, 1.807) is 17.3 Å². The van der Waals surface area contributed by atoms with Crippen LogP contribution in [0.4, 0.5) is 0 Å². The van der Waals surface area contributed by atoms with Crippen LogP contribution < -0.4 is 5.32 Å². The van der Waals surface area contributed by atoms with Crippen molar-refractivity contribution in [3.05, 3.63) is 66.2 Å². The first-order valence-corrected chi connectivity index (χ1v) is 8.61. The molecule has 3 heterocycles. The Morgan fingerprint density at radius 2 is 2.15 bits per heavy atom. The van der Waals surface area contributed by atoms with Crippen molar-refractivity contribution in [1.29, 1.82) is 0 Å². The van der Waals surface area contributed by atoms with Gasteiger partial charge in [-0.2, -0.15) is 0 Å². The Morgan fingerprint density at radius 3 is 2.96 bits per heavy atom. The molecular weight excluding hydrogens is 330 g/mol. The number of likely N-dealkylation sites (tertiary alicyclic amines) is 1. The van der Waals surface area contributed by atoms with Gasteiger partial charge in [-0.15, -0.1) is 0 Å². The van der Waals surface area contributed by atoms with Crippen LogP contribution in [0.15, 0.2) is 59.3 Å². The smallest absolute Gasteiger partial charge is 0.225 e. The van der Waals surface area contributed by atoms with E-state index in [1.807, 2.05) is 42.5 Å². The first-order valence-electron chi connectivity index (χ1n) is 8.61. The van der Waals surface area contributed by atoms with E-state index in [4.69, 9.17) is 4.42 Å². The van der Waals surface area contributed by atoms with Crippen LogP contribution in [-0.2, 0) is 22.7 Å². The third-order valence-electron chi connectivity index (χ3n) is 4.59. The zero-order valence-corrected chi connectivity index (χ0v) is 14.2. The van der Waals surface area contributed by atoms with Gasteiger partial charge in [0.1, 0.15) is 11.3 Å². The summed E-state index contributed by atoms with van der Waals surface area (Å²) in [6, 6.07) is 13.4. The van der Waals surface area contributed by atoms with Gasteiger partial charge in [-0.05, 0) is 23.8 Å². The number of fused-ring (bicyclic) bond motifs is 1. The van der Waals surface area contributed by atoms with Gasteiger partial charge in [0.2, 0.25) is 11.8 Å². The number of para-hydroxylation sites is 1. The van der Waals surface area contributed by atoms with Crippen molar-refractivity contribution >= 4 is 22.8 Å². The predicted molar refractivity (Wildman–Crippen MR) is 95.8 cm³/mol. The molecule has 2 amide bonds. The summed E-state index contributed by atoms with van der Waals surface area (Å²) in [5, 5.41) is 3.89. The number of carbonyl (C=O) groups excluding carboxylic acids is 2. The monoisotopic (exact) mass is 349 g/mol. The van der Waals surface area contributed by atoms with E-state index in [9.17, 15) is 9.59 Å². The zero-order valence-electron chi connectivity index (χ0n) is 14.2. The number of aromatic nitrogens is 1. The van der Waals surface area contributed by atoms with Crippen molar-refractivity contribution in [2.24, 2.45) is 5.92 Å². The summed E-state index contributed by atoms with van der Waals surface area (Å²) in [6.07, 6.45) is 3.68. The normalized spacial score (nSPS) is 17.0. The zero-order chi connectivity index (χ0) is 17.9. The quantitative estimate of drug-likeness (QED) is 0.768. The molecular formula is C20H19N3O3. The molecule has 0 aliphatic carbocycles. The van der Waals surface area contributed by atoms with E-state index in [-0.39, 0.29) is 24.2 Å². The van der Waals surface area contributed by atoms with E-state index in [0.717, 1.165) is 16.5 Å². The lowest BCUT2D eigenvalue weighted by atomic mass is 10.1. The maximum absolute atomic E-state index is 12.4. The highest BCUT2D eigenvalue weighted by Crippen LogP contribution is 2.21. The van der Waals surface area contributed by atoms with Crippen molar-refractivity contribution in [3.8, 4) is 0 Å². The van der Waals surface area contributed by atoms with Crippen molar-refractivity contribution in [2.75, 3.05) is 6.54 Å². The topological polar surface area (TPSA) is 75.4 Å². The number of amides is 2. The fourth-order valence-corrected chi connectivity index (χ4v) is 3.26. The number of benzene rings is 1. The molecule has 0 spiro atoms. The first kappa shape index (κ1) is 16.3. The van der Waals surface area contributed by atoms with Crippen molar-refractivity contribution in [3.63, 3.8) is 0 Å². The van der Waals surface area contributed by atoms with Gasteiger partial charge in [0.15, 0.2) is 0 Å². The molecule has 6 nitrogen and oxygen atoms in total. The Bertz CT molecular complexity index is 903. The summed E-state index contributed by atoms with van der Waals surface area (Å²) in [5.41, 5.74) is 1.76. The number of rotatable bonds is 5. The largest absolute Gasteiger partial charge is 0.459 e. The maximum Gasteiger partial charge on any atom is 0.225 e. The number of nitrogens with zero attached hydrogens (tertiary/aromatic N) is 2. The second-order valence-corrected chi connectivity index (χ2v) is 6.50. The molecule has 1 aliphatic heterocycles. The number of furan rings is 1. The second kappa shape index (κ2) is 7.00. The van der Waals surface area contributed by atoms with Crippen LogP contribution >= 0.6 is 0 Å². The summed E-state index contributed by atoms with van der Waals surface area (Å²) in [4.78, 5) is 30.4. The van der Waals surface area contributed by atoms with Crippen molar-refractivity contribution in [2.45, 2.75) is 19.5 Å². The fraction of sp³-hybridized carbons (Fsp3) is 0.250. The molecule has 1 saturated heterocycles. The van der Waals surface area contributed by atoms with Crippen LogP contribution in [-0.4, -0.2) is 28.2 Å². The average Bonchev–Trinajstić information content (AvgIpc) is 3.24. The molecule has 1 aliphatic rings. The van der Waals surface area contributed by atoms with Crippen LogP contribution in [0.25, 0.3) is 11.0 Å². The first-order chi connectivity index (χ1) is 12.7. The molecule has 4 rings (SSSR count). The lowest BCUT2D eigenvalue weighted by Gasteiger charge is -2.16. The Labute approximate surface area is 150 Å². The summed E-state index contributed by atoms with van der Waals surface area (Å²) in [6.45, 7) is 1.24. The number of carbonyl (C=O) groups is 2. The van der Waals surface area contributed by atoms with E-state index in [1.165, 1.54) is 0 Å². The Balaban J connectivity index is 1.34. The van der Waals surface area contributed by atoms with Crippen LogP contribution in [0.1, 0.15) is 17.7 Å². The van der Waals surface area contributed by atoms with Crippen LogP contribution in [0.5, 0.6) is 0 Å². The van der Waals surface area contributed by atoms with Gasteiger partial charge in [-0.3, -0.25) is 14.6 Å². The summed E-state index contributed by atoms with van der Waals surface area (Å²) in [7, 11) is 0. The molecule has 1 aromatic carbocycles. The molecule has 26 heavy (non-hydrogen) atoms. The van der Waals surface area contributed by atoms with Gasteiger partial charge in [0.25, 0.3) is 0 Å². The highest BCUT2D eigenvalue weighted by atomic mass is 16.3. The van der Waals surface area contributed by atoms with Gasteiger partial charge in [0, 0.05) is 37.3 Å². The Kier molecular flexibility index (Phi) is 4.39. The molecule has 3 aromatic rings. The number of nitrogens with one attached hydrogen (secondary N) is 1. The molecule has 0 saturated carbocycles. The van der Waals surface area contributed by atoms with Crippen molar-refractivity contribution < 1.29 is 14.0 Å². The fourth-order valence-electron chi connectivity index (χ4n) is 3.26. The lowest BCUT2D eigenvalue weighted by molar-refractivity contribution is -0.129. The van der Waals surface area contributed by atoms with Crippen LogP contribution in [0, 0.1) is 5.92 Å². The number of hydrogen-bond acceptors (Lipinski definition) is 4. The van der Waals surface area contributed by atoms with Gasteiger partial charge in [-0.25, -0.2) is 0 Å². The van der Waals surface area contributed by atoms with Gasteiger partial charge >= 0.3 is 0 Å². The third kappa shape index (κ3) is 3.44. The van der Waals surface area contributed by atoms with E-state index >= 15 is 0 Å². The third-order valence-corrected chi connectivity index (χ3v) is 4.59. The average molecular weight is 349 g/mol. The minimum absolute atomic E-state index is 0.00209. The van der Waals surface area contributed by atoms with Gasteiger partial charge in [0.05, 0.1) is 12.5 Å². The van der Waals surface area contributed by atoms with E-state index in [0.29, 0.717) is 25.4 Å². The van der Waals surface area contributed by atoms with E-state index in [2.05, 4.69) is 10.3 Å². The number of hydrogen-bond donors (Lipinski definition) is 1. The molecule has 1 unspecified atom stereocenters. The van der Waals surface area contributed by atoms with Crippen LogP contribution in [0.2, 0.25) is 0 Å². The lowest BCUT2D eigenvalue weighted by Crippen LogP contribution is -2.32.